The zero-order valence-corrected chi connectivity index (χ0v) is 9.09. The van der Waals surface area contributed by atoms with E-state index in [4.69, 9.17) is 4.74 Å². The first-order valence-electron chi connectivity index (χ1n) is 4.98. The first-order valence-corrected chi connectivity index (χ1v) is 5.86. The van der Waals surface area contributed by atoms with Crippen molar-refractivity contribution in [3.05, 3.63) is 16.1 Å². The van der Waals surface area contributed by atoms with Gasteiger partial charge >= 0.3 is 0 Å². The Bertz CT molecular complexity index is 292. The predicted octanol–water partition coefficient (Wildman–Crippen LogP) is 2.09. The number of nitrogens with zero attached hydrogens (tertiary/aromatic N) is 1. The topological polar surface area (TPSA) is 42.4 Å². The maximum Gasteiger partial charge on any atom is 0.121 e. The van der Waals surface area contributed by atoms with Crippen molar-refractivity contribution in [2.24, 2.45) is 0 Å². The highest BCUT2D eigenvalue weighted by Crippen LogP contribution is 2.29. The van der Waals surface area contributed by atoms with Crippen molar-refractivity contribution in [1.29, 1.82) is 0 Å². The number of aliphatic hydroxyl groups excluding tert-OH is 1. The number of ether oxygens (including phenoxy) is 1. The van der Waals surface area contributed by atoms with E-state index in [1.165, 1.54) is 0 Å². The van der Waals surface area contributed by atoms with Gasteiger partial charge in [0.2, 0.25) is 0 Å². The number of thiazole rings is 1. The Labute approximate surface area is 87.7 Å². The van der Waals surface area contributed by atoms with Gasteiger partial charge in [-0.2, -0.15) is 0 Å². The van der Waals surface area contributed by atoms with E-state index in [9.17, 15) is 5.11 Å². The van der Waals surface area contributed by atoms with Crippen LogP contribution in [0, 0.1) is 0 Å². The highest BCUT2D eigenvalue weighted by Gasteiger charge is 2.19. The van der Waals surface area contributed by atoms with Crippen LogP contribution in [0.25, 0.3) is 0 Å². The lowest BCUT2D eigenvalue weighted by Crippen LogP contribution is -2.14. The largest absolute Gasteiger partial charge is 0.386 e. The second kappa shape index (κ2) is 4.38. The summed E-state index contributed by atoms with van der Waals surface area (Å²) < 4.78 is 5.30. The van der Waals surface area contributed by atoms with Crippen LogP contribution in [0.15, 0.2) is 5.38 Å². The molecule has 1 aromatic heterocycles. The van der Waals surface area contributed by atoms with Crippen molar-refractivity contribution >= 4 is 11.3 Å². The zero-order chi connectivity index (χ0) is 9.97. The molecule has 1 unspecified atom stereocenters. The van der Waals surface area contributed by atoms with Crippen LogP contribution >= 0.6 is 11.3 Å². The standard InChI is InChI=1S/C10H15NO2S/c1-7(12)10-11-9(6-14-10)8-2-4-13-5-3-8/h6-8,12H,2-5H2,1H3. The van der Waals surface area contributed by atoms with E-state index < -0.39 is 6.10 Å². The maximum absolute atomic E-state index is 9.36. The minimum atomic E-state index is -0.436. The van der Waals surface area contributed by atoms with E-state index in [2.05, 4.69) is 10.4 Å². The van der Waals surface area contributed by atoms with E-state index in [1.54, 1.807) is 18.3 Å². The average molecular weight is 213 g/mol. The molecule has 1 fully saturated rings. The Hall–Kier alpha value is -0.450. The Morgan fingerprint density at radius 1 is 1.57 bits per heavy atom. The molecular weight excluding hydrogens is 198 g/mol. The van der Waals surface area contributed by atoms with Gasteiger partial charge in [-0.1, -0.05) is 0 Å². The second-order valence-electron chi connectivity index (χ2n) is 3.67. The molecule has 3 nitrogen and oxygen atoms in total. The van der Waals surface area contributed by atoms with Crippen LogP contribution in [-0.2, 0) is 4.74 Å². The number of hydrogen-bond donors (Lipinski definition) is 1. The molecule has 1 saturated heterocycles. The van der Waals surface area contributed by atoms with Gasteiger partial charge in [-0.15, -0.1) is 11.3 Å². The summed E-state index contributed by atoms with van der Waals surface area (Å²) in [5.74, 6) is 0.535. The van der Waals surface area contributed by atoms with Gasteiger partial charge in [0.15, 0.2) is 0 Å². The van der Waals surface area contributed by atoms with Crippen LogP contribution in [0.4, 0.5) is 0 Å². The molecule has 1 aliphatic rings. The third kappa shape index (κ3) is 2.13. The molecule has 0 spiro atoms. The molecule has 78 valence electrons. The fourth-order valence-electron chi connectivity index (χ4n) is 1.67. The summed E-state index contributed by atoms with van der Waals surface area (Å²) in [6, 6.07) is 0. The molecule has 0 bridgehead atoms. The van der Waals surface area contributed by atoms with Crippen molar-refractivity contribution in [3.63, 3.8) is 0 Å². The van der Waals surface area contributed by atoms with Crippen LogP contribution in [0.5, 0.6) is 0 Å². The maximum atomic E-state index is 9.36. The summed E-state index contributed by atoms with van der Waals surface area (Å²) in [5.41, 5.74) is 1.13. The fourth-order valence-corrected chi connectivity index (χ4v) is 2.52. The molecule has 1 N–H and O–H groups in total. The molecule has 2 rings (SSSR count). The van der Waals surface area contributed by atoms with E-state index in [1.807, 2.05) is 0 Å². The summed E-state index contributed by atoms with van der Waals surface area (Å²) in [5, 5.41) is 12.3. The summed E-state index contributed by atoms with van der Waals surface area (Å²) >= 11 is 1.55. The van der Waals surface area contributed by atoms with Crippen LogP contribution < -0.4 is 0 Å². The second-order valence-corrected chi connectivity index (χ2v) is 4.56. The Kier molecular flexibility index (Phi) is 3.15. The highest BCUT2D eigenvalue weighted by atomic mass is 32.1. The summed E-state index contributed by atoms with van der Waals surface area (Å²) in [7, 11) is 0. The number of hydrogen-bond acceptors (Lipinski definition) is 4. The SMILES string of the molecule is CC(O)c1nc(C2CCOCC2)cs1. The highest BCUT2D eigenvalue weighted by molar-refractivity contribution is 7.09. The van der Waals surface area contributed by atoms with Gasteiger partial charge in [0.25, 0.3) is 0 Å². The lowest BCUT2D eigenvalue weighted by atomic mass is 9.97. The first kappa shape index (κ1) is 10.1. The van der Waals surface area contributed by atoms with Crippen molar-refractivity contribution in [2.45, 2.75) is 31.8 Å². The molecule has 1 atom stereocenters. The van der Waals surface area contributed by atoms with Gasteiger partial charge in [-0.25, -0.2) is 4.98 Å². The monoisotopic (exact) mass is 213 g/mol. The lowest BCUT2D eigenvalue weighted by Gasteiger charge is -2.20. The van der Waals surface area contributed by atoms with E-state index in [0.29, 0.717) is 5.92 Å². The molecule has 0 aliphatic carbocycles. The van der Waals surface area contributed by atoms with Gasteiger partial charge in [-0.3, -0.25) is 0 Å². The number of aromatic nitrogens is 1. The normalized spacial score (nSPS) is 21.0. The van der Waals surface area contributed by atoms with Crippen molar-refractivity contribution in [3.8, 4) is 0 Å². The average Bonchev–Trinajstić information content (AvgIpc) is 2.68. The smallest absolute Gasteiger partial charge is 0.121 e. The Balaban J connectivity index is 2.07. The van der Waals surface area contributed by atoms with Gasteiger partial charge in [-0.05, 0) is 19.8 Å². The molecule has 4 heteroatoms. The third-order valence-electron chi connectivity index (χ3n) is 2.54. The minimum Gasteiger partial charge on any atom is -0.386 e. The van der Waals surface area contributed by atoms with Crippen molar-refractivity contribution < 1.29 is 9.84 Å². The molecule has 0 radical (unpaired) electrons. The summed E-state index contributed by atoms with van der Waals surface area (Å²) in [6.45, 7) is 3.44. The lowest BCUT2D eigenvalue weighted by molar-refractivity contribution is 0.0845. The molecule has 2 heterocycles. The van der Waals surface area contributed by atoms with Gasteiger partial charge in [0, 0.05) is 24.5 Å². The summed E-state index contributed by atoms with van der Waals surface area (Å²) in [6.07, 6.45) is 1.68. The quantitative estimate of drug-likeness (QED) is 0.818. The molecular formula is C10H15NO2S. The molecule has 1 aliphatic heterocycles. The molecule has 0 aromatic carbocycles. The van der Waals surface area contributed by atoms with Crippen LogP contribution in [-0.4, -0.2) is 23.3 Å². The van der Waals surface area contributed by atoms with Crippen LogP contribution in [0.2, 0.25) is 0 Å². The number of rotatable bonds is 2. The van der Waals surface area contributed by atoms with Crippen molar-refractivity contribution in [1.82, 2.24) is 4.98 Å². The third-order valence-corrected chi connectivity index (χ3v) is 3.57. The predicted molar refractivity (Wildman–Crippen MR) is 55.5 cm³/mol. The minimum absolute atomic E-state index is 0.436. The van der Waals surface area contributed by atoms with Crippen LogP contribution in [0.1, 0.15) is 42.5 Å². The number of aliphatic hydroxyl groups is 1. The van der Waals surface area contributed by atoms with E-state index in [-0.39, 0.29) is 0 Å². The van der Waals surface area contributed by atoms with Gasteiger partial charge in [0.05, 0.1) is 5.69 Å². The molecule has 14 heavy (non-hydrogen) atoms. The molecule has 1 aromatic rings. The van der Waals surface area contributed by atoms with Gasteiger partial charge < -0.3 is 9.84 Å². The zero-order valence-electron chi connectivity index (χ0n) is 8.27. The molecule has 0 saturated carbocycles. The van der Waals surface area contributed by atoms with Crippen molar-refractivity contribution in [2.75, 3.05) is 13.2 Å². The first-order chi connectivity index (χ1) is 6.77. The Morgan fingerprint density at radius 3 is 2.86 bits per heavy atom. The van der Waals surface area contributed by atoms with E-state index in [0.717, 1.165) is 36.8 Å². The van der Waals surface area contributed by atoms with Gasteiger partial charge in [0.1, 0.15) is 11.1 Å². The molecule has 0 amide bonds. The van der Waals surface area contributed by atoms with Crippen LogP contribution in [0.3, 0.4) is 0 Å². The summed E-state index contributed by atoms with van der Waals surface area (Å²) in [4.78, 5) is 4.45. The van der Waals surface area contributed by atoms with E-state index >= 15 is 0 Å². The fraction of sp³-hybridized carbons (Fsp3) is 0.700. The Morgan fingerprint density at radius 2 is 2.29 bits per heavy atom.